The maximum Gasteiger partial charge on any atom is 0.0638 e. The van der Waals surface area contributed by atoms with Crippen molar-refractivity contribution in [2.75, 3.05) is 20.1 Å². The van der Waals surface area contributed by atoms with E-state index in [1.807, 2.05) is 6.92 Å². The van der Waals surface area contributed by atoms with Crippen LogP contribution in [0, 0.1) is 0 Å². The number of hydrogen-bond donors (Lipinski definition) is 1. The lowest BCUT2D eigenvalue weighted by atomic mass is 10.1. The van der Waals surface area contributed by atoms with Gasteiger partial charge in [-0.05, 0) is 26.9 Å². The number of aliphatic hydroxyl groups is 1. The number of unbranched alkanes of at least 4 members (excludes halogenated alkanes) is 6. The normalized spacial score (nSPS) is 13.4. The molecule has 0 saturated carbocycles. The van der Waals surface area contributed by atoms with Crippen LogP contribution < -0.4 is 0 Å². The molecule has 92 valence electrons. The van der Waals surface area contributed by atoms with Crippen LogP contribution in [0.5, 0.6) is 0 Å². The molecule has 0 spiro atoms. The van der Waals surface area contributed by atoms with Gasteiger partial charge >= 0.3 is 0 Å². The molecule has 0 aliphatic rings. The first kappa shape index (κ1) is 14.9. The van der Waals surface area contributed by atoms with Crippen LogP contribution in [0.4, 0.5) is 0 Å². The van der Waals surface area contributed by atoms with E-state index in [2.05, 4.69) is 18.9 Å². The summed E-state index contributed by atoms with van der Waals surface area (Å²) in [5.74, 6) is 0. The second-order valence-corrected chi connectivity index (χ2v) is 4.73. The Morgan fingerprint density at radius 1 is 1.00 bits per heavy atom. The minimum atomic E-state index is -0.195. The average Bonchev–Trinajstić information content (AvgIpc) is 2.15. The highest BCUT2D eigenvalue weighted by Crippen LogP contribution is 2.07. The highest BCUT2D eigenvalue weighted by Gasteiger charge is 2.01. The molecule has 0 aromatic carbocycles. The van der Waals surface area contributed by atoms with Gasteiger partial charge in [0, 0.05) is 6.54 Å². The zero-order chi connectivity index (χ0) is 11.5. The minimum absolute atomic E-state index is 0.195. The molecular weight excluding hydrogens is 186 g/mol. The molecule has 0 aliphatic heterocycles. The third-order valence-corrected chi connectivity index (χ3v) is 2.72. The Hall–Kier alpha value is -0.0800. The van der Waals surface area contributed by atoms with Crippen LogP contribution in [0.25, 0.3) is 0 Å². The second kappa shape index (κ2) is 10.4. The third kappa shape index (κ3) is 11.8. The number of likely N-dealkylation sites (N-methyl/N-ethyl adjacent to an activating group) is 1. The summed E-state index contributed by atoms with van der Waals surface area (Å²) in [4.78, 5) is 2.22. The third-order valence-electron chi connectivity index (χ3n) is 2.72. The molecule has 1 N–H and O–H groups in total. The van der Waals surface area contributed by atoms with Crippen LogP contribution in [0.3, 0.4) is 0 Å². The molecule has 1 atom stereocenters. The molecule has 0 fully saturated rings. The Bertz CT molecular complexity index is 126. The molecule has 0 aromatic rings. The predicted octanol–water partition coefficient (Wildman–Crippen LogP) is 3.05. The van der Waals surface area contributed by atoms with Gasteiger partial charge < -0.3 is 10.0 Å². The Balaban J connectivity index is 3.09. The van der Waals surface area contributed by atoms with E-state index >= 15 is 0 Å². The number of rotatable bonds is 10. The van der Waals surface area contributed by atoms with Crippen LogP contribution >= 0.6 is 0 Å². The molecular formula is C13H29NO. The first-order valence-electron chi connectivity index (χ1n) is 6.53. The highest BCUT2D eigenvalue weighted by molar-refractivity contribution is 4.56. The molecule has 0 aliphatic carbocycles. The molecule has 0 saturated heterocycles. The monoisotopic (exact) mass is 215 g/mol. The summed E-state index contributed by atoms with van der Waals surface area (Å²) < 4.78 is 0. The molecule has 0 radical (unpaired) electrons. The quantitative estimate of drug-likeness (QED) is 0.566. The van der Waals surface area contributed by atoms with Crippen molar-refractivity contribution in [3.8, 4) is 0 Å². The van der Waals surface area contributed by atoms with Gasteiger partial charge in [-0.3, -0.25) is 0 Å². The zero-order valence-corrected chi connectivity index (χ0v) is 10.8. The van der Waals surface area contributed by atoms with Crippen molar-refractivity contribution in [1.82, 2.24) is 4.90 Å². The van der Waals surface area contributed by atoms with Crippen molar-refractivity contribution >= 4 is 0 Å². The summed E-state index contributed by atoms with van der Waals surface area (Å²) >= 11 is 0. The molecule has 0 aromatic heterocycles. The SMILES string of the molecule is CCCCCCCCCN(C)CC(C)O. The van der Waals surface area contributed by atoms with E-state index in [9.17, 15) is 5.11 Å². The van der Waals surface area contributed by atoms with E-state index in [4.69, 9.17) is 0 Å². The molecule has 0 heterocycles. The van der Waals surface area contributed by atoms with Gasteiger partial charge in [-0.15, -0.1) is 0 Å². The Kier molecular flexibility index (Phi) is 10.4. The molecule has 2 heteroatoms. The van der Waals surface area contributed by atoms with Gasteiger partial charge in [0.2, 0.25) is 0 Å². The van der Waals surface area contributed by atoms with E-state index in [1.54, 1.807) is 0 Å². The summed E-state index contributed by atoms with van der Waals surface area (Å²) in [6.07, 6.45) is 9.32. The summed E-state index contributed by atoms with van der Waals surface area (Å²) in [6.45, 7) is 6.03. The van der Waals surface area contributed by atoms with Crippen molar-refractivity contribution in [1.29, 1.82) is 0 Å². The fourth-order valence-electron chi connectivity index (χ4n) is 1.88. The van der Waals surface area contributed by atoms with Crippen molar-refractivity contribution in [3.63, 3.8) is 0 Å². The fraction of sp³-hybridized carbons (Fsp3) is 1.00. The predicted molar refractivity (Wildman–Crippen MR) is 67.2 cm³/mol. The van der Waals surface area contributed by atoms with Crippen LogP contribution in [-0.4, -0.2) is 36.2 Å². The molecule has 15 heavy (non-hydrogen) atoms. The van der Waals surface area contributed by atoms with Gasteiger partial charge in [0.05, 0.1) is 6.10 Å². The molecule has 0 amide bonds. The topological polar surface area (TPSA) is 23.5 Å². The maximum atomic E-state index is 9.18. The second-order valence-electron chi connectivity index (χ2n) is 4.73. The van der Waals surface area contributed by atoms with E-state index in [-0.39, 0.29) is 6.10 Å². The number of nitrogens with zero attached hydrogens (tertiary/aromatic N) is 1. The summed E-state index contributed by atoms with van der Waals surface area (Å²) in [6, 6.07) is 0. The van der Waals surface area contributed by atoms with Gasteiger partial charge in [-0.2, -0.15) is 0 Å². The average molecular weight is 215 g/mol. The standard InChI is InChI=1S/C13H29NO/c1-4-5-6-7-8-9-10-11-14(3)12-13(2)15/h13,15H,4-12H2,1-3H3. The van der Waals surface area contributed by atoms with Crippen molar-refractivity contribution in [3.05, 3.63) is 0 Å². The van der Waals surface area contributed by atoms with Crippen LogP contribution in [0.2, 0.25) is 0 Å². The van der Waals surface area contributed by atoms with Crippen LogP contribution in [-0.2, 0) is 0 Å². The van der Waals surface area contributed by atoms with Gasteiger partial charge in [0.25, 0.3) is 0 Å². The molecule has 0 bridgehead atoms. The van der Waals surface area contributed by atoms with E-state index in [1.165, 1.54) is 44.9 Å². The van der Waals surface area contributed by atoms with E-state index in [0.29, 0.717) is 0 Å². The lowest BCUT2D eigenvalue weighted by Gasteiger charge is -2.17. The largest absolute Gasteiger partial charge is 0.392 e. The lowest BCUT2D eigenvalue weighted by molar-refractivity contribution is 0.140. The fourth-order valence-corrected chi connectivity index (χ4v) is 1.88. The Morgan fingerprint density at radius 2 is 1.53 bits per heavy atom. The summed E-state index contributed by atoms with van der Waals surface area (Å²) in [5, 5.41) is 9.18. The van der Waals surface area contributed by atoms with Gasteiger partial charge in [0.1, 0.15) is 0 Å². The first-order valence-corrected chi connectivity index (χ1v) is 6.53. The minimum Gasteiger partial charge on any atom is -0.392 e. The van der Waals surface area contributed by atoms with Gasteiger partial charge in [0.15, 0.2) is 0 Å². The van der Waals surface area contributed by atoms with Crippen LogP contribution in [0.1, 0.15) is 58.8 Å². The number of hydrogen-bond acceptors (Lipinski definition) is 2. The molecule has 2 nitrogen and oxygen atoms in total. The van der Waals surface area contributed by atoms with Crippen molar-refractivity contribution < 1.29 is 5.11 Å². The zero-order valence-electron chi connectivity index (χ0n) is 10.8. The Labute approximate surface area is 95.7 Å². The highest BCUT2D eigenvalue weighted by atomic mass is 16.3. The summed E-state index contributed by atoms with van der Waals surface area (Å²) in [7, 11) is 2.09. The van der Waals surface area contributed by atoms with E-state index in [0.717, 1.165) is 13.1 Å². The van der Waals surface area contributed by atoms with Crippen molar-refractivity contribution in [2.45, 2.75) is 64.9 Å². The van der Waals surface area contributed by atoms with E-state index < -0.39 is 0 Å². The first-order chi connectivity index (χ1) is 7.16. The van der Waals surface area contributed by atoms with Gasteiger partial charge in [-0.1, -0.05) is 45.4 Å². The lowest BCUT2D eigenvalue weighted by Crippen LogP contribution is -2.28. The molecule has 1 unspecified atom stereocenters. The Morgan fingerprint density at radius 3 is 2.07 bits per heavy atom. The van der Waals surface area contributed by atoms with Gasteiger partial charge in [-0.25, -0.2) is 0 Å². The molecule has 0 rings (SSSR count). The van der Waals surface area contributed by atoms with Crippen LogP contribution in [0.15, 0.2) is 0 Å². The maximum absolute atomic E-state index is 9.18. The summed E-state index contributed by atoms with van der Waals surface area (Å²) in [5.41, 5.74) is 0. The number of aliphatic hydroxyl groups excluding tert-OH is 1. The smallest absolute Gasteiger partial charge is 0.0638 e. The van der Waals surface area contributed by atoms with Crippen molar-refractivity contribution in [2.24, 2.45) is 0 Å².